The molecule has 4 heterocycles. The first-order valence-electron chi connectivity index (χ1n) is 9.98. The predicted molar refractivity (Wildman–Crippen MR) is 114 cm³/mol. The van der Waals surface area contributed by atoms with E-state index in [1.54, 1.807) is 18.6 Å². The van der Waals surface area contributed by atoms with Crippen LogP contribution in [0.3, 0.4) is 0 Å². The smallest absolute Gasteiger partial charge is 0.344 e. The molecular formula is C22H19F3N6O2. The number of amides is 1. The fourth-order valence-electron chi connectivity index (χ4n) is 3.42. The molecule has 0 atom stereocenters. The number of ketones is 1. The van der Waals surface area contributed by atoms with Gasteiger partial charge in [0.1, 0.15) is 12.2 Å². The summed E-state index contributed by atoms with van der Waals surface area (Å²) in [6, 6.07) is 4.85. The number of nitrogens with zero attached hydrogens (tertiary/aromatic N) is 5. The molecule has 0 aliphatic carbocycles. The van der Waals surface area contributed by atoms with Crippen LogP contribution in [-0.2, 0) is 17.5 Å². The van der Waals surface area contributed by atoms with Gasteiger partial charge in [-0.25, -0.2) is 0 Å². The van der Waals surface area contributed by atoms with Crippen LogP contribution in [0, 0.1) is 0 Å². The van der Waals surface area contributed by atoms with Crippen molar-refractivity contribution in [2.75, 3.05) is 5.32 Å². The van der Waals surface area contributed by atoms with Gasteiger partial charge in [-0.1, -0.05) is 0 Å². The number of hydrogen-bond acceptors (Lipinski definition) is 5. The summed E-state index contributed by atoms with van der Waals surface area (Å²) in [6.07, 6.45) is 3.26. The van der Waals surface area contributed by atoms with E-state index >= 15 is 0 Å². The molecule has 0 bridgehead atoms. The summed E-state index contributed by atoms with van der Waals surface area (Å²) in [5.41, 5.74) is 0.747. The molecule has 0 aliphatic heterocycles. The maximum absolute atomic E-state index is 13.2. The molecule has 0 saturated heterocycles. The molecule has 0 fully saturated rings. The molecule has 0 radical (unpaired) electrons. The van der Waals surface area contributed by atoms with Crippen LogP contribution in [0.1, 0.15) is 41.5 Å². The first-order valence-corrected chi connectivity index (χ1v) is 9.98. The van der Waals surface area contributed by atoms with Gasteiger partial charge < -0.3 is 9.88 Å². The maximum Gasteiger partial charge on any atom is 0.419 e. The summed E-state index contributed by atoms with van der Waals surface area (Å²) in [7, 11) is 0. The Bertz CT molecular complexity index is 1340. The van der Waals surface area contributed by atoms with Crippen LogP contribution in [0.15, 0.2) is 55.4 Å². The van der Waals surface area contributed by atoms with Crippen LogP contribution in [-0.4, -0.2) is 36.0 Å². The fourth-order valence-corrected chi connectivity index (χ4v) is 3.42. The number of carbonyl (C=O) groups excluding carboxylic acids is 2. The standard InChI is InChI=1S/C22H19F3N6O2/c1-13(2)31-11-17(16-9-26-5-4-19(16)31)21(33)18-7-15(3-6-27-18)29-20(32)12-30-10-14(8-28-30)22(23,24)25/h3-11,13H,12H2,1-2H3,(H,27,29,32). The zero-order valence-corrected chi connectivity index (χ0v) is 17.7. The van der Waals surface area contributed by atoms with Crippen LogP contribution < -0.4 is 5.32 Å². The van der Waals surface area contributed by atoms with Crippen molar-refractivity contribution in [1.29, 1.82) is 0 Å². The highest BCUT2D eigenvalue weighted by atomic mass is 19.4. The van der Waals surface area contributed by atoms with E-state index in [1.165, 1.54) is 18.3 Å². The second-order valence-electron chi connectivity index (χ2n) is 7.67. The van der Waals surface area contributed by atoms with E-state index in [-0.39, 0.29) is 23.2 Å². The van der Waals surface area contributed by atoms with Crippen molar-refractivity contribution in [1.82, 2.24) is 24.3 Å². The maximum atomic E-state index is 13.2. The lowest BCUT2D eigenvalue weighted by Crippen LogP contribution is -2.19. The SMILES string of the molecule is CC(C)n1cc(C(=O)c2cc(NC(=O)Cn3cc(C(F)(F)F)cn3)ccn2)c2cnccc21. The number of hydrogen-bond donors (Lipinski definition) is 1. The van der Waals surface area contributed by atoms with Crippen molar-refractivity contribution in [2.45, 2.75) is 32.6 Å². The van der Waals surface area contributed by atoms with Crippen molar-refractivity contribution >= 4 is 28.3 Å². The summed E-state index contributed by atoms with van der Waals surface area (Å²) in [6.45, 7) is 3.58. The molecule has 4 rings (SSSR count). The van der Waals surface area contributed by atoms with Crippen LogP contribution >= 0.6 is 0 Å². The van der Waals surface area contributed by atoms with Crippen molar-refractivity contribution in [3.63, 3.8) is 0 Å². The van der Waals surface area contributed by atoms with Crippen LogP contribution in [0.4, 0.5) is 18.9 Å². The summed E-state index contributed by atoms with van der Waals surface area (Å²) >= 11 is 0. The fraction of sp³-hybridized carbons (Fsp3) is 0.227. The number of alkyl halides is 3. The Labute approximate surface area is 186 Å². The number of aromatic nitrogens is 5. The van der Waals surface area contributed by atoms with Gasteiger partial charge in [-0.05, 0) is 32.0 Å². The Kier molecular flexibility index (Phi) is 5.71. The normalized spacial score (nSPS) is 11.8. The quantitative estimate of drug-likeness (QED) is 0.441. The van der Waals surface area contributed by atoms with Crippen LogP contribution in [0.5, 0.6) is 0 Å². The van der Waals surface area contributed by atoms with Crippen molar-refractivity contribution in [2.24, 2.45) is 0 Å². The molecule has 1 amide bonds. The highest BCUT2D eigenvalue weighted by Crippen LogP contribution is 2.28. The Morgan fingerprint density at radius 3 is 2.61 bits per heavy atom. The van der Waals surface area contributed by atoms with Gasteiger partial charge in [0.2, 0.25) is 11.7 Å². The lowest BCUT2D eigenvalue weighted by Gasteiger charge is -2.08. The van der Waals surface area contributed by atoms with E-state index in [2.05, 4.69) is 20.4 Å². The Balaban J connectivity index is 1.54. The summed E-state index contributed by atoms with van der Waals surface area (Å²) in [4.78, 5) is 33.7. The molecule has 0 saturated carbocycles. The molecule has 4 aromatic heterocycles. The molecule has 1 N–H and O–H groups in total. The van der Waals surface area contributed by atoms with Crippen LogP contribution in [0.25, 0.3) is 10.9 Å². The van der Waals surface area contributed by atoms with Crippen molar-refractivity contribution < 1.29 is 22.8 Å². The molecule has 11 heteroatoms. The molecular weight excluding hydrogens is 437 g/mol. The highest BCUT2D eigenvalue weighted by molar-refractivity contribution is 6.15. The van der Waals surface area contributed by atoms with E-state index < -0.39 is 24.2 Å². The van der Waals surface area contributed by atoms with Gasteiger partial charge >= 0.3 is 6.18 Å². The average molecular weight is 456 g/mol. The third-order valence-electron chi connectivity index (χ3n) is 4.98. The number of halogens is 3. The van der Waals surface area contributed by atoms with E-state index in [0.717, 1.165) is 16.4 Å². The monoisotopic (exact) mass is 456 g/mol. The molecule has 0 aromatic carbocycles. The second-order valence-corrected chi connectivity index (χ2v) is 7.67. The third-order valence-corrected chi connectivity index (χ3v) is 4.98. The van der Waals surface area contributed by atoms with E-state index in [9.17, 15) is 22.8 Å². The molecule has 0 spiro atoms. The van der Waals surface area contributed by atoms with Gasteiger partial charge in [-0.15, -0.1) is 0 Å². The Morgan fingerprint density at radius 2 is 1.91 bits per heavy atom. The van der Waals surface area contributed by atoms with E-state index in [1.807, 2.05) is 24.5 Å². The second kappa shape index (κ2) is 8.49. The largest absolute Gasteiger partial charge is 0.419 e. The minimum absolute atomic E-state index is 0.109. The van der Waals surface area contributed by atoms with Gasteiger partial charge in [-0.3, -0.25) is 24.2 Å². The van der Waals surface area contributed by atoms with Gasteiger partial charge in [0.15, 0.2) is 0 Å². The van der Waals surface area contributed by atoms with Gasteiger partial charge in [0, 0.05) is 48.1 Å². The number of pyridine rings is 2. The van der Waals surface area contributed by atoms with Crippen molar-refractivity contribution in [3.05, 3.63) is 72.2 Å². The summed E-state index contributed by atoms with van der Waals surface area (Å²) in [5.74, 6) is -0.942. The van der Waals surface area contributed by atoms with Crippen LogP contribution in [0.2, 0.25) is 0 Å². The minimum atomic E-state index is -4.54. The van der Waals surface area contributed by atoms with Gasteiger partial charge in [-0.2, -0.15) is 18.3 Å². The minimum Gasteiger partial charge on any atom is -0.344 e. The first kappa shape index (κ1) is 22.2. The number of rotatable bonds is 6. The molecule has 33 heavy (non-hydrogen) atoms. The third kappa shape index (κ3) is 4.61. The molecule has 8 nitrogen and oxygen atoms in total. The molecule has 4 aromatic rings. The average Bonchev–Trinajstić information content (AvgIpc) is 3.38. The molecule has 0 unspecified atom stereocenters. The zero-order valence-electron chi connectivity index (χ0n) is 17.7. The molecule has 170 valence electrons. The lowest BCUT2D eigenvalue weighted by atomic mass is 10.1. The Hall–Kier alpha value is -4.02. The summed E-state index contributed by atoms with van der Waals surface area (Å²) in [5, 5.41) is 6.80. The topological polar surface area (TPSA) is 94.7 Å². The first-order chi connectivity index (χ1) is 15.6. The summed E-state index contributed by atoms with van der Waals surface area (Å²) < 4.78 is 40.9. The highest BCUT2D eigenvalue weighted by Gasteiger charge is 2.32. The van der Waals surface area contributed by atoms with Gasteiger partial charge in [0.05, 0.1) is 22.8 Å². The van der Waals surface area contributed by atoms with E-state index in [4.69, 9.17) is 0 Å². The lowest BCUT2D eigenvalue weighted by molar-refractivity contribution is -0.137. The van der Waals surface area contributed by atoms with Gasteiger partial charge in [0.25, 0.3) is 0 Å². The zero-order chi connectivity index (χ0) is 23.8. The van der Waals surface area contributed by atoms with Crippen molar-refractivity contribution in [3.8, 4) is 0 Å². The Morgan fingerprint density at radius 1 is 1.12 bits per heavy atom. The molecule has 0 aliphatic rings. The number of nitrogens with one attached hydrogen (secondary N) is 1. The number of fused-ring (bicyclic) bond motifs is 1. The number of anilines is 1. The predicted octanol–water partition coefficient (Wildman–Crippen LogP) is 4.10. The number of carbonyl (C=O) groups is 2. The van der Waals surface area contributed by atoms with E-state index in [0.29, 0.717) is 17.1 Å².